The van der Waals surface area contributed by atoms with E-state index in [1.165, 1.54) is 54.4 Å². The first-order valence-electron chi connectivity index (χ1n) is 8.69. The molecule has 0 unspecified atom stereocenters. The second-order valence-corrected chi connectivity index (χ2v) is 7.05. The molecule has 0 aliphatic carbocycles. The zero-order valence-electron chi connectivity index (χ0n) is 14.2. The van der Waals surface area contributed by atoms with Crippen molar-refractivity contribution in [2.24, 2.45) is 7.05 Å². The van der Waals surface area contributed by atoms with Crippen LogP contribution in [0.25, 0.3) is 48.9 Å². The number of aryl methyl sites for hydroxylation is 2. The highest BCUT2D eigenvalue weighted by atomic mass is 14.9. The Morgan fingerprint density at radius 1 is 0.840 bits per heavy atom. The molecule has 25 heavy (non-hydrogen) atoms. The first-order chi connectivity index (χ1) is 12.2. The van der Waals surface area contributed by atoms with Crippen molar-refractivity contribution >= 4 is 48.9 Å². The lowest BCUT2D eigenvalue weighted by atomic mass is 9.96. The smallest absolute Gasteiger partial charge is 0.224 e. The van der Waals surface area contributed by atoms with Crippen LogP contribution in [0.15, 0.2) is 67.0 Å². The number of benzene rings is 3. The van der Waals surface area contributed by atoms with Crippen molar-refractivity contribution in [1.29, 1.82) is 0 Å². The minimum Gasteiger partial charge on any atom is -0.315 e. The van der Waals surface area contributed by atoms with Gasteiger partial charge in [0.15, 0.2) is 6.20 Å². The summed E-state index contributed by atoms with van der Waals surface area (Å²) in [4.78, 5) is 0. The molecule has 118 valence electrons. The molecule has 0 spiro atoms. The SMILES string of the molecule is Cc1c2ccccc2cc2c1c1c3c(ccc4ccn2c43)cc[n+]1C. The normalized spacial score (nSPS) is 12.4. The number of aromatic nitrogens is 2. The molecular weight excluding hydrogens is 304 g/mol. The molecule has 0 amide bonds. The lowest BCUT2D eigenvalue weighted by Gasteiger charge is -2.14. The fraction of sp³-hybridized carbons (Fsp3) is 0.0870. The highest BCUT2D eigenvalue weighted by Crippen LogP contribution is 2.38. The topological polar surface area (TPSA) is 8.29 Å². The zero-order chi connectivity index (χ0) is 16.7. The first-order valence-corrected chi connectivity index (χ1v) is 8.69. The molecule has 0 aliphatic rings. The quantitative estimate of drug-likeness (QED) is 0.208. The maximum atomic E-state index is 2.37. The minimum absolute atomic E-state index is 1.29. The summed E-state index contributed by atoms with van der Waals surface area (Å²) in [6, 6.07) is 20.0. The Balaban J connectivity index is 2.10. The molecule has 3 aromatic heterocycles. The van der Waals surface area contributed by atoms with Gasteiger partial charge in [-0.3, -0.25) is 0 Å². The summed E-state index contributed by atoms with van der Waals surface area (Å²) in [5.41, 5.74) is 5.29. The third-order valence-electron chi connectivity index (χ3n) is 5.74. The van der Waals surface area contributed by atoms with Crippen molar-refractivity contribution in [3.05, 3.63) is 72.6 Å². The number of pyridine rings is 2. The Hall–Kier alpha value is -3.13. The van der Waals surface area contributed by atoms with E-state index < -0.39 is 0 Å². The van der Waals surface area contributed by atoms with Gasteiger partial charge in [0.05, 0.1) is 21.8 Å². The van der Waals surface area contributed by atoms with Crippen molar-refractivity contribution in [1.82, 2.24) is 4.40 Å². The molecule has 6 aromatic rings. The van der Waals surface area contributed by atoms with E-state index in [-0.39, 0.29) is 0 Å². The van der Waals surface area contributed by atoms with Crippen molar-refractivity contribution in [2.45, 2.75) is 6.92 Å². The van der Waals surface area contributed by atoms with Crippen LogP contribution in [0.1, 0.15) is 5.56 Å². The zero-order valence-corrected chi connectivity index (χ0v) is 14.2. The van der Waals surface area contributed by atoms with E-state index in [0.29, 0.717) is 0 Å². The molecule has 2 nitrogen and oxygen atoms in total. The van der Waals surface area contributed by atoms with Crippen LogP contribution in [0.4, 0.5) is 0 Å². The fourth-order valence-corrected chi connectivity index (χ4v) is 4.58. The Kier molecular flexibility index (Phi) is 2.26. The van der Waals surface area contributed by atoms with Crippen LogP contribution in [-0.4, -0.2) is 4.40 Å². The summed E-state index contributed by atoms with van der Waals surface area (Å²) in [6.07, 6.45) is 4.40. The minimum atomic E-state index is 1.29. The molecule has 6 rings (SSSR count). The predicted octanol–water partition coefficient (Wildman–Crippen LogP) is 5.12. The van der Waals surface area contributed by atoms with Crippen LogP contribution < -0.4 is 4.57 Å². The van der Waals surface area contributed by atoms with Gasteiger partial charge in [-0.25, -0.2) is 4.57 Å². The van der Waals surface area contributed by atoms with E-state index in [0.717, 1.165) is 0 Å². The van der Waals surface area contributed by atoms with Gasteiger partial charge in [0.1, 0.15) is 7.05 Å². The molecule has 0 saturated heterocycles. The molecule has 3 heterocycles. The van der Waals surface area contributed by atoms with E-state index in [1.807, 2.05) is 0 Å². The highest BCUT2D eigenvalue weighted by molar-refractivity contribution is 6.23. The molecule has 0 N–H and O–H groups in total. The molecule has 2 heteroatoms. The van der Waals surface area contributed by atoms with Gasteiger partial charge >= 0.3 is 0 Å². The van der Waals surface area contributed by atoms with Gasteiger partial charge in [0.2, 0.25) is 5.52 Å². The van der Waals surface area contributed by atoms with Gasteiger partial charge in [0, 0.05) is 17.6 Å². The Morgan fingerprint density at radius 2 is 1.68 bits per heavy atom. The van der Waals surface area contributed by atoms with Gasteiger partial charge in [-0.15, -0.1) is 0 Å². The maximum absolute atomic E-state index is 2.37. The van der Waals surface area contributed by atoms with Crippen LogP contribution in [0.2, 0.25) is 0 Å². The monoisotopic (exact) mass is 321 g/mol. The van der Waals surface area contributed by atoms with Crippen LogP contribution in [0.5, 0.6) is 0 Å². The summed E-state index contributed by atoms with van der Waals surface area (Å²) in [6.45, 7) is 2.26. The summed E-state index contributed by atoms with van der Waals surface area (Å²) < 4.78 is 4.65. The molecule has 0 fully saturated rings. The lowest BCUT2D eigenvalue weighted by Crippen LogP contribution is -2.28. The van der Waals surface area contributed by atoms with Crippen molar-refractivity contribution < 1.29 is 4.57 Å². The largest absolute Gasteiger partial charge is 0.315 e. The molecular formula is C23H17N2+. The average molecular weight is 321 g/mol. The molecule has 0 atom stereocenters. The van der Waals surface area contributed by atoms with Gasteiger partial charge in [-0.05, 0) is 40.8 Å². The average Bonchev–Trinajstić information content (AvgIpc) is 3.07. The van der Waals surface area contributed by atoms with E-state index in [2.05, 4.69) is 89.9 Å². The summed E-state index contributed by atoms with van der Waals surface area (Å²) >= 11 is 0. The summed E-state index contributed by atoms with van der Waals surface area (Å²) in [5.74, 6) is 0. The highest BCUT2D eigenvalue weighted by Gasteiger charge is 2.21. The third-order valence-corrected chi connectivity index (χ3v) is 5.74. The molecule has 0 aliphatic heterocycles. The van der Waals surface area contributed by atoms with Gasteiger partial charge < -0.3 is 4.40 Å². The fourth-order valence-electron chi connectivity index (χ4n) is 4.58. The van der Waals surface area contributed by atoms with E-state index >= 15 is 0 Å². The van der Waals surface area contributed by atoms with Gasteiger partial charge in [-0.2, -0.15) is 0 Å². The number of fused-ring (bicyclic) bond motifs is 4. The van der Waals surface area contributed by atoms with Crippen LogP contribution >= 0.6 is 0 Å². The predicted molar refractivity (Wildman–Crippen MR) is 105 cm³/mol. The van der Waals surface area contributed by atoms with Crippen molar-refractivity contribution in [3.8, 4) is 0 Å². The standard InChI is InChI=1S/C23H17N2/c1-14-18-6-4-3-5-17(18)13-19-20(14)23-21-15(9-11-24(23)2)7-8-16-10-12-25(19)22(16)21/h3-13H,1-2H3/q+1. The number of hydrogen-bond donors (Lipinski definition) is 0. The van der Waals surface area contributed by atoms with E-state index in [1.54, 1.807) is 0 Å². The summed E-state index contributed by atoms with van der Waals surface area (Å²) in [5, 5.41) is 7.95. The van der Waals surface area contributed by atoms with Crippen molar-refractivity contribution in [2.75, 3.05) is 0 Å². The molecule has 0 bridgehead atoms. The number of rotatable bonds is 0. The van der Waals surface area contributed by atoms with Crippen LogP contribution in [0.3, 0.4) is 0 Å². The molecule has 3 aromatic carbocycles. The second-order valence-electron chi connectivity index (χ2n) is 7.05. The lowest BCUT2D eigenvalue weighted by molar-refractivity contribution is -0.643. The summed E-state index contributed by atoms with van der Waals surface area (Å²) in [7, 11) is 2.16. The van der Waals surface area contributed by atoms with Gasteiger partial charge in [0.25, 0.3) is 0 Å². The number of hydrogen-bond acceptors (Lipinski definition) is 0. The third kappa shape index (κ3) is 1.48. The van der Waals surface area contributed by atoms with Crippen LogP contribution in [0, 0.1) is 6.92 Å². The Bertz CT molecular complexity index is 1450. The van der Waals surface area contributed by atoms with E-state index in [4.69, 9.17) is 0 Å². The molecule has 0 radical (unpaired) electrons. The first kappa shape index (κ1) is 13.2. The molecule has 0 saturated carbocycles. The van der Waals surface area contributed by atoms with Crippen LogP contribution in [-0.2, 0) is 7.05 Å². The van der Waals surface area contributed by atoms with E-state index in [9.17, 15) is 0 Å². The van der Waals surface area contributed by atoms with Crippen molar-refractivity contribution in [3.63, 3.8) is 0 Å². The Labute approximate surface area is 144 Å². The maximum Gasteiger partial charge on any atom is 0.224 e. The Morgan fingerprint density at radius 3 is 2.60 bits per heavy atom. The van der Waals surface area contributed by atoms with Gasteiger partial charge in [-0.1, -0.05) is 36.4 Å². The number of nitrogens with zero attached hydrogens (tertiary/aromatic N) is 2. The second kappa shape index (κ2) is 4.28.